The maximum atomic E-state index is 12.3. The van der Waals surface area contributed by atoms with Crippen molar-refractivity contribution in [1.82, 2.24) is 9.97 Å². The number of carbonyl (C=O) groups is 1. The summed E-state index contributed by atoms with van der Waals surface area (Å²) in [6, 6.07) is 14.5. The minimum absolute atomic E-state index is 0.122. The average Bonchev–Trinajstić information content (AvgIpc) is 2.65. The van der Waals surface area contributed by atoms with Crippen LogP contribution in [0.25, 0.3) is 0 Å². The van der Waals surface area contributed by atoms with Crippen molar-refractivity contribution in [3.05, 3.63) is 71.5 Å². The van der Waals surface area contributed by atoms with Crippen molar-refractivity contribution >= 4 is 34.8 Å². The van der Waals surface area contributed by atoms with Crippen molar-refractivity contribution in [2.75, 3.05) is 10.6 Å². The van der Waals surface area contributed by atoms with Crippen LogP contribution in [-0.2, 0) is 0 Å². The molecule has 2 N–H and O–H groups in total. The number of anilines is 3. The number of amides is 1. The predicted molar refractivity (Wildman–Crippen MR) is 107 cm³/mol. The Morgan fingerprint density at radius 3 is 2.33 bits per heavy atom. The number of nitrogens with one attached hydrogen (secondary N) is 2. The number of para-hydroxylation sites is 1. The Bertz CT molecular complexity index is 912. The van der Waals surface area contributed by atoms with Gasteiger partial charge in [0.1, 0.15) is 5.75 Å². The molecule has 1 amide bonds. The summed E-state index contributed by atoms with van der Waals surface area (Å²) in [5, 5.41) is 6.28. The van der Waals surface area contributed by atoms with Gasteiger partial charge in [-0.1, -0.05) is 23.7 Å². The standard InChI is InChI=1S/C20H19ClN4O2/c1-13(2)27-16-9-7-15(8-10-16)24-20-22-11-14(12-23-20)19(26)25-18-6-4-3-5-17(18)21/h3-13H,1-2H3,(H,25,26)(H,22,23,24). The number of rotatable bonds is 6. The van der Waals surface area contributed by atoms with Crippen molar-refractivity contribution in [2.45, 2.75) is 20.0 Å². The Morgan fingerprint density at radius 1 is 1.04 bits per heavy atom. The molecule has 1 heterocycles. The molecule has 0 unspecified atom stereocenters. The molecule has 0 bridgehead atoms. The van der Waals surface area contributed by atoms with Crippen LogP contribution in [0.4, 0.5) is 17.3 Å². The number of hydrogen-bond donors (Lipinski definition) is 2. The molecule has 27 heavy (non-hydrogen) atoms. The molecular weight excluding hydrogens is 364 g/mol. The van der Waals surface area contributed by atoms with Crippen LogP contribution >= 0.6 is 11.6 Å². The van der Waals surface area contributed by atoms with E-state index in [1.807, 2.05) is 38.1 Å². The van der Waals surface area contributed by atoms with E-state index < -0.39 is 0 Å². The molecule has 0 fully saturated rings. The number of aromatic nitrogens is 2. The van der Waals surface area contributed by atoms with Gasteiger partial charge in [0.15, 0.2) is 0 Å². The van der Waals surface area contributed by atoms with E-state index in [4.69, 9.17) is 16.3 Å². The third kappa shape index (κ3) is 5.18. The van der Waals surface area contributed by atoms with Crippen molar-refractivity contribution in [3.8, 4) is 5.75 Å². The maximum absolute atomic E-state index is 12.3. The smallest absolute Gasteiger partial charge is 0.258 e. The lowest BCUT2D eigenvalue weighted by Crippen LogP contribution is -2.13. The van der Waals surface area contributed by atoms with Crippen LogP contribution in [0.5, 0.6) is 5.75 Å². The Kier molecular flexibility index (Phi) is 5.88. The fraction of sp³-hybridized carbons (Fsp3) is 0.150. The number of carbonyl (C=O) groups excluding carboxylic acids is 1. The van der Waals surface area contributed by atoms with Gasteiger partial charge in [-0.3, -0.25) is 4.79 Å². The topological polar surface area (TPSA) is 76.1 Å². The molecule has 0 aliphatic rings. The Labute approximate surface area is 162 Å². The molecule has 3 aromatic rings. The quantitative estimate of drug-likeness (QED) is 0.633. The minimum Gasteiger partial charge on any atom is -0.491 e. The minimum atomic E-state index is -0.329. The van der Waals surface area contributed by atoms with Crippen LogP contribution < -0.4 is 15.4 Å². The van der Waals surface area contributed by atoms with Gasteiger partial charge in [0, 0.05) is 18.1 Å². The van der Waals surface area contributed by atoms with E-state index in [-0.39, 0.29) is 12.0 Å². The maximum Gasteiger partial charge on any atom is 0.258 e. The van der Waals surface area contributed by atoms with E-state index in [2.05, 4.69) is 20.6 Å². The van der Waals surface area contributed by atoms with Gasteiger partial charge in [0.25, 0.3) is 5.91 Å². The van der Waals surface area contributed by atoms with E-state index in [1.165, 1.54) is 12.4 Å². The Balaban J connectivity index is 1.63. The number of nitrogens with zero attached hydrogens (tertiary/aromatic N) is 2. The number of benzene rings is 2. The molecule has 1 aromatic heterocycles. The number of ether oxygens (including phenoxy) is 1. The molecule has 0 saturated heterocycles. The molecule has 0 spiro atoms. The summed E-state index contributed by atoms with van der Waals surface area (Å²) in [6.45, 7) is 3.95. The van der Waals surface area contributed by atoms with Crippen molar-refractivity contribution in [2.24, 2.45) is 0 Å². The Morgan fingerprint density at radius 2 is 1.70 bits per heavy atom. The van der Waals surface area contributed by atoms with Gasteiger partial charge >= 0.3 is 0 Å². The molecular formula is C20H19ClN4O2. The second kappa shape index (κ2) is 8.51. The zero-order valence-corrected chi connectivity index (χ0v) is 15.7. The van der Waals surface area contributed by atoms with Crippen LogP contribution in [0.2, 0.25) is 5.02 Å². The summed E-state index contributed by atoms with van der Waals surface area (Å²) in [4.78, 5) is 20.6. The summed E-state index contributed by atoms with van der Waals surface area (Å²) in [7, 11) is 0. The molecule has 0 aliphatic heterocycles. The molecule has 6 nitrogen and oxygen atoms in total. The zero-order valence-electron chi connectivity index (χ0n) is 14.9. The lowest BCUT2D eigenvalue weighted by molar-refractivity contribution is 0.102. The van der Waals surface area contributed by atoms with Crippen molar-refractivity contribution < 1.29 is 9.53 Å². The third-order valence-corrected chi connectivity index (χ3v) is 3.85. The molecule has 0 aliphatic carbocycles. The molecule has 2 aromatic carbocycles. The van der Waals surface area contributed by atoms with Gasteiger partial charge in [-0.15, -0.1) is 0 Å². The first-order chi connectivity index (χ1) is 13.0. The van der Waals surface area contributed by atoms with E-state index in [9.17, 15) is 4.79 Å². The first-order valence-corrected chi connectivity index (χ1v) is 8.81. The Hall–Kier alpha value is -3.12. The van der Waals surface area contributed by atoms with Gasteiger partial charge in [-0.25, -0.2) is 9.97 Å². The van der Waals surface area contributed by atoms with Gasteiger partial charge in [-0.2, -0.15) is 0 Å². The fourth-order valence-electron chi connectivity index (χ4n) is 2.29. The van der Waals surface area contributed by atoms with Crippen molar-refractivity contribution in [3.63, 3.8) is 0 Å². The number of hydrogen-bond acceptors (Lipinski definition) is 5. The highest BCUT2D eigenvalue weighted by molar-refractivity contribution is 6.33. The normalized spacial score (nSPS) is 10.5. The highest BCUT2D eigenvalue weighted by Crippen LogP contribution is 2.21. The predicted octanol–water partition coefficient (Wildman–Crippen LogP) is 4.91. The van der Waals surface area contributed by atoms with Crippen LogP contribution in [0, 0.1) is 0 Å². The van der Waals surface area contributed by atoms with E-state index in [0.29, 0.717) is 22.2 Å². The van der Waals surface area contributed by atoms with Crippen LogP contribution in [0.3, 0.4) is 0 Å². The summed E-state index contributed by atoms with van der Waals surface area (Å²) >= 11 is 6.05. The second-order valence-corrected chi connectivity index (χ2v) is 6.45. The van der Waals surface area contributed by atoms with E-state index in [0.717, 1.165) is 11.4 Å². The van der Waals surface area contributed by atoms with Gasteiger partial charge in [0.2, 0.25) is 5.95 Å². The highest BCUT2D eigenvalue weighted by atomic mass is 35.5. The summed E-state index contributed by atoms with van der Waals surface area (Å²) < 4.78 is 5.61. The number of halogens is 1. The fourth-order valence-corrected chi connectivity index (χ4v) is 2.47. The largest absolute Gasteiger partial charge is 0.491 e. The molecule has 0 saturated carbocycles. The first-order valence-electron chi connectivity index (χ1n) is 8.43. The monoisotopic (exact) mass is 382 g/mol. The molecule has 0 atom stereocenters. The third-order valence-electron chi connectivity index (χ3n) is 3.52. The zero-order chi connectivity index (χ0) is 19.2. The summed E-state index contributed by atoms with van der Waals surface area (Å²) in [5.41, 5.74) is 1.69. The highest BCUT2D eigenvalue weighted by Gasteiger charge is 2.09. The molecule has 138 valence electrons. The van der Waals surface area contributed by atoms with Gasteiger partial charge in [0.05, 0.1) is 22.4 Å². The van der Waals surface area contributed by atoms with Crippen LogP contribution in [0.1, 0.15) is 24.2 Å². The van der Waals surface area contributed by atoms with E-state index >= 15 is 0 Å². The molecule has 3 rings (SSSR count). The lowest BCUT2D eigenvalue weighted by Gasteiger charge is -2.11. The summed E-state index contributed by atoms with van der Waals surface area (Å²) in [6.07, 6.45) is 3.03. The lowest BCUT2D eigenvalue weighted by atomic mass is 10.2. The summed E-state index contributed by atoms with van der Waals surface area (Å²) in [5.74, 6) is 0.856. The second-order valence-electron chi connectivity index (χ2n) is 6.05. The molecule has 7 heteroatoms. The van der Waals surface area contributed by atoms with Crippen LogP contribution in [-0.4, -0.2) is 22.0 Å². The van der Waals surface area contributed by atoms with E-state index in [1.54, 1.807) is 24.3 Å². The van der Waals surface area contributed by atoms with Gasteiger partial charge < -0.3 is 15.4 Å². The molecule has 0 radical (unpaired) electrons. The van der Waals surface area contributed by atoms with Crippen molar-refractivity contribution in [1.29, 1.82) is 0 Å². The average molecular weight is 383 g/mol. The van der Waals surface area contributed by atoms with Crippen LogP contribution in [0.15, 0.2) is 60.9 Å². The SMILES string of the molecule is CC(C)Oc1ccc(Nc2ncc(C(=O)Nc3ccccc3Cl)cn2)cc1. The first kappa shape index (κ1) is 18.7. The van der Waals surface area contributed by atoms with Gasteiger partial charge in [-0.05, 0) is 50.2 Å².